The Morgan fingerprint density at radius 1 is 1.09 bits per heavy atom. The highest BCUT2D eigenvalue weighted by molar-refractivity contribution is 6.04. The Labute approximate surface area is 131 Å². The number of aryl methyl sites for hydroxylation is 2. The molecule has 0 radical (unpaired) electrons. The number of allylic oxidation sites excluding steroid dienone is 1. The van der Waals surface area contributed by atoms with E-state index in [-0.39, 0.29) is 5.78 Å². The molecule has 0 aliphatic carbocycles. The molecule has 3 nitrogen and oxygen atoms in total. The van der Waals surface area contributed by atoms with E-state index in [1.54, 1.807) is 24.4 Å². The normalized spacial score (nSPS) is 10.7. The van der Waals surface area contributed by atoms with Crippen molar-refractivity contribution in [2.45, 2.75) is 20.8 Å². The number of nitrogens with one attached hydrogen (secondary N) is 1. The van der Waals surface area contributed by atoms with Crippen molar-refractivity contribution >= 4 is 11.5 Å². The molecule has 114 valence electrons. The fourth-order valence-electron chi connectivity index (χ4n) is 2.22. The lowest BCUT2D eigenvalue weighted by Gasteiger charge is -2.08. The van der Waals surface area contributed by atoms with Crippen molar-refractivity contribution in [1.29, 1.82) is 0 Å². The predicted octanol–water partition coefficient (Wildman–Crippen LogP) is 4.51. The molecule has 0 spiro atoms. The quantitative estimate of drug-likeness (QED) is 0.629. The van der Waals surface area contributed by atoms with E-state index in [0.29, 0.717) is 12.2 Å². The first-order chi connectivity index (χ1) is 10.6. The van der Waals surface area contributed by atoms with Gasteiger partial charge in [0.2, 0.25) is 0 Å². The third-order valence-electron chi connectivity index (χ3n) is 3.39. The molecule has 1 N–H and O–H groups in total. The zero-order chi connectivity index (χ0) is 15.9. The molecule has 0 amide bonds. The SMILES string of the molecule is CCOc1ccc(C(=O)C=CNc2c(C)cccc2C)cc1. The van der Waals surface area contributed by atoms with Gasteiger partial charge in [0.05, 0.1) is 6.61 Å². The number of carbonyl (C=O) groups is 1. The maximum absolute atomic E-state index is 12.1. The molecule has 0 aromatic heterocycles. The molecule has 2 aromatic carbocycles. The minimum absolute atomic E-state index is 0.0400. The van der Waals surface area contributed by atoms with Gasteiger partial charge in [0.25, 0.3) is 0 Å². The van der Waals surface area contributed by atoms with Gasteiger partial charge in [-0.25, -0.2) is 0 Å². The molecule has 0 heterocycles. The first-order valence-corrected chi connectivity index (χ1v) is 7.38. The summed E-state index contributed by atoms with van der Waals surface area (Å²) in [5.74, 6) is 0.735. The molecule has 0 saturated carbocycles. The maximum atomic E-state index is 12.1. The summed E-state index contributed by atoms with van der Waals surface area (Å²) in [6, 6.07) is 13.3. The number of benzene rings is 2. The Balaban J connectivity index is 2.02. The van der Waals surface area contributed by atoms with Gasteiger partial charge in [-0.2, -0.15) is 0 Å². The molecule has 2 aromatic rings. The Hall–Kier alpha value is -2.55. The Morgan fingerprint density at radius 2 is 1.73 bits per heavy atom. The molecular formula is C19H21NO2. The molecule has 0 saturated heterocycles. The van der Waals surface area contributed by atoms with Crippen LogP contribution in [-0.2, 0) is 0 Å². The van der Waals surface area contributed by atoms with Crippen LogP contribution in [0.3, 0.4) is 0 Å². The second-order valence-electron chi connectivity index (χ2n) is 5.07. The number of anilines is 1. The van der Waals surface area contributed by atoms with Crippen molar-refractivity contribution in [3.05, 3.63) is 71.4 Å². The van der Waals surface area contributed by atoms with E-state index in [0.717, 1.165) is 22.6 Å². The Kier molecular flexibility index (Phi) is 5.37. The van der Waals surface area contributed by atoms with Crippen molar-refractivity contribution in [3.8, 4) is 5.75 Å². The van der Waals surface area contributed by atoms with E-state index in [4.69, 9.17) is 4.74 Å². The Morgan fingerprint density at radius 3 is 2.32 bits per heavy atom. The second kappa shape index (κ2) is 7.46. The molecular weight excluding hydrogens is 274 g/mol. The minimum atomic E-state index is -0.0400. The molecule has 0 fully saturated rings. The number of ether oxygens (including phenoxy) is 1. The van der Waals surface area contributed by atoms with Crippen LogP contribution in [0, 0.1) is 13.8 Å². The fourth-order valence-corrected chi connectivity index (χ4v) is 2.22. The van der Waals surface area contributed by atoms with Crippen molar-refractivity contribution in [2.24, 2.45) is 0 Å². The third kappa shape index (κ3) is 3.98. The van der Waals surface area contributed by atoms with Gasteiger partial charge in [0, 0.05) is 23.5 Å². The standard InChI is InChI=1S/C19H21NO2/c1-4-22-17-10-8-16(9-11-17)18(21)12-13-20-19-14(2)6-5-7-15(19)3/h5-13,20H,4H2,1-3H3. The lowest BCUT2D eigenvalue weighted by Crippen LogP contribution is -1.99. The van der Waals surface area contributed by atoms with E-state index >= 15 is 0 Å². The second-order valence-corrected chi connectivity index (χ2v) is 5.07. The van der Waals surface area contributed by atoms with Gasteiger partial charge in [-0.15, -0.1) is 0 Å². The van der Waals surface area contributed by atoms with Gasteiger partial charge in [0.15, 0.2) is 5.78 Å². The largest absolute Gasteiger partial charge is 0.494 e. The minimum Gasteiger partial charge on any atom is -0.494 e. The fraction of sp³-hybridized carbons (Fsp3) is 0.211. The summed E-state index contributed by atoms with van der Waals surface area (Å²) >= 11 is 0. The average Bonchev–Trinajstić information content (AvgIpc) is 2.51. The van der Waals surface area contributed by atoms with Gasteiger partial charge >= 0.3 is 0 Å². The van der Waals surface area contributed by atoms with Crippen LogP contribution in [0.2, 0.25) is 0 Å². The van der Waals surface area contributed by atoms with Crippen LogP contribution in [0.15, 0.2) is 54.7 Å². The van der Waals surface area contributed by atoms with Crippen molar-refractivity contribution in [2.75, 3.05) is 11.9 Å². The Bertz CT molecular complexity index is 652. The van der Waals surface area contributed by atoms with E-state index in [9.17, 15) is 4.79 Å². The highest BCUT2D eigenvalue weighted by atomic mass is 16.5. The number of hydrogen-bond acceptors (Lipinski definition) is 3. The van der Waals surface area contributed by atoms with Crippen molar-refractivity contribution < 1.29 is 9.53 Å². The monoisotopic (exact) mass is 295 g/mol. The summed E-state index contributed by atoms with van der Waals surface area (Å²) in [7, 11) is 0. The number of para-hydroxylation sites is 1. The van der Waals surface area contributed by atoms with Gasteiger partial charge < -0.3 is 10.1 Å². The van der Waals surface area contributed by atoms with E-state index < -0.39 is 0 Å². The van der Waals surface area contributed by atoms with Crippen LogP contribution < -0.4 is 10.1 Å². The van der Waals surface area contributed by atoms with Gasteiger partial charge in [0.1, 0.15) is 5.75 Å². The van der Waals surface area contributed by atoms with E-state index in [2.05, 4.69) is 5.32 Å². The van der Waals surface area contributed by atoms with Gasteiger partial charge in [-0.3, -0.25) is 4.79 Å². The number of rotatable bonds is 6. The number of carbonyl (C=O) groups excluding carboxylic acids is 1. The molecule has 3 heteroatoms. The van der Waals surface area contributed by atoms with Gasteiger partial charge in [-0.05, 0) is 56.2 Å². The number of ketones is 1. The van der Waals surface area contributed by atoms with Crippen LogP contribution in [0.4, 0.5) is 5.69 Å². The van der Waals surface area contributed by atoms with Crippen LogP contribution in [0.5, 0.6) is 5.75 Å². The summed E-state index contributed by atoms with van der Waals surface area (Å²) in [6.07, 6.45) is 3.23. The average molecular weight is 295 g/mol. The topological polar surface area (TPSA) is 38.3 Å². The molecule has 22 heavy (non-hydrogen) atoms. The van der Waals surface area contributed by atoms with Gasteiger partial charge in [-0.1, -0.05) is 18.2 Å². The summed E-state index contributed by atoms with van der Waals surface area (Å²) in [5, 5.41) is 3.19. The smallest absolute Gasteiger partial charge is 0.187 e. The van der Waals surface area contributed by atoms with Crippen LogP contribution in [0.1, 0.15) is 28.4 Å². The molecule has 0 aliphatic rings. The molecule has 2 rings (SSSR count). The van der Waals surface area contributed by atoms with E-state index in [1.165, 1.54) is 0 Å². The third-order valence-corrected chi connectivity index (χ3v) is 3.39. The molecule has 0 aliphatic heterocycles. The predicted molar refractivity (Wildman–Crippen MR) is 90.6 cm³/mol. The summed E-state index contributed by atoms with van der Waals surface area (Å²) < 4.78 is 5.36. The summed E-state index contributed by atoms with van der Waals surface area (Å²) in [5.41, 5.74) is 3.98. The number of hydrogen-bond donors (Lipinski definition) is 1. The van der Waals surface area contributed by atoms with Crippen molar-refractivity contribution in [1.82, 2.24) is 0 Å². The summed E-state index contributed by atoms with van der Waals surface area (Å²) in [6.45, 7) is 6.63. The van der Waals surface area contributed by atoms with Crippen molar-refractivity contribution in [3.63, 3.8) is 0 Å². The highest BCUT2D eigenvalue weighted by Crippen LogP contribution is 2.19. The molecule has 0 unspecified atom stereocenters. The zero-order valence-electron chi connectivity index (χ0n) is 13.2. The van der Waals surface area contributed by atoms with Crippen LogP contribution in [0.25, 0.3) is 0 Å². The lowest BCUT2D eigenvalue weighted by atomic mass is 10.1. The first kappa shape index (κ1) is 15.8. The highest BCUT2D eigenvalue weighted by Gasteiger charge is 2.03. The van der Waals surface area contributed by atoms with Crippen LogP contribution in [-0.4, -0.2) is 12.4 Å². The van der Waals surface area contributed by atoms with E-state index in [1.807, 2.05) is 51.1 Å². The molecule has 0 bridgehead atoms. The summed E-state index contributed by atoms with van der Waals surface area (Å²) in [4.78, 5) is 12.1. The van der Waals surface area contributed by atoms with Crippen LogP contribution >= 0.6 is 0 Å². The lowest BCUT2D eigenvalue weighted by molar-refractivity contribution is 0.104. The molecule has 0 atom stereocenters. The maximum Gasteiger partial charge on any atom is 0.187 e. The zero-order valence-corrected chi connectivity index (χ0v) is 13.2. The first-order valence-electron chi connectivity index (χ1n) is 7.38.